The summed E-state index contributed by atoms with van der Waals surface area (Å²) in [6, 6.07) is 16.4. The average Bonchev–Trinajstić information content (AvgIpc) is 3.29. The topological polar surface area (TPSA) is 105 Å². The molecule has 0 aliphatic heterocycles. The summed E-state index contributed by atoms with van der Waals surface area (Å²) in [5.41, 5.74) is 2.22. The second-order valence-corrected chi connectivity index (χ2v) is 8.95. The van der Waals surface area contributed by atoms with Crippen molar-refractivity contribution in [2.45, 2.75) is 5.92 Å². The minimum Gasteiger partial charge on any atom is -0.493 e. The van der Waals surface area contributed by atoms with E-state index >= 15 is 0 Å². The lowest BCUT2D eigenvalue weighted by molar-refractivity contribution is -0.384. The Morgan fingerprint density at radius 1 is 1.08 bits per heavy atom. The SMILES string of the molecule is COc1ccc(C(COC(=O)c2ccccc2)c2c(Cl)cncc2Cl)c2c1oc1ccc([N+](=O)[O-])cc12. The van der Waals surface area contributed by atoms with Crippen LogP contribution in [0.15, 0.2) is 77.5 Å². The highest BCUT2D eigenvalue weighted by Crippen LogP contribution is 2.44. The van der Waals surface area contributed by atoms with E-state index in [1.54, 1.807) is 42.5 Å². The maximum atomic E-state index is 12.8. The summed E-state index contributed by atoms with van der Waals surface area (Å²) in [5.74, 6) is -0.752. The van der Waals surface area contributed by atoms with Gasteiger partial charge >= 0.3 is 5.97 Å². The zero-order valence-corrected chi connectivity index (χ0v) is 20.8. The molecule has 186 valence electrons. The second kappa shape index (κ2) is 10.1. The monoisotopic (exact) mass is 536 g/mol. The van der Waals surface area contributed by atoms with Crippen LogP contribution in [0.25, 0.3) is 21.9 Å². The number of carbonyl (C=O) groups is 1. The van der Waals surface area contributed by atoms with E-state index in [1.807, 2.05) is 0 Å². The second-order valence-electron chi connectivity index (χ2n) is 8.13. The molecular weight excluding hydrogens is 519 g/mol. The summed E-state index contributed by atoms with van der Waals surface area (Å²) in [7, 11) is 1.50. The van der Waals surface area contributed by atoms with Crippen molar-refractivity contribution in [1.29, 1.82) is 0 Å². The van der Waals surface area contributed by atoms with Crippen molar-refractivity contribution >= 4 is 56.8 Å². The van der Waals surface area contributed by atoms with Crippen LogP contribution in [0.4, 0.5) is 5.69 Å². The van der Waals surface area contributed by atoms with Gasteiger partial charge in [-0.1, -0.05) is 47.5 Å². The number of hydrogen-bond donors (Lipinski definition) is 0. The van der Waals surface area contributed by atoms with Crippen molar-refractivity contribution in [2.75, 3.05) is 13.7 Å². The van der Waals surface area contributed by atoms with Gasteiger partial charge in [-0.25, -0.2) is 4.79 Å². The summed E-state index contributed by atoms with van der Waals surface area (Å²) < 4.78 is 17.3. The van der Waals surface area contributed by atoms with E-state index in [9.17, 15) is 14.9 Å². The van der Waals surface area contributed by atoms with E-state index in [2.05, 4.69) is 4.98 Å². The summed E-state index contributed by atoms with van der Waals surface area (Å²) >= 11 is 13.1. The first kappa shape index (κ1) is 24.5. The minimum absolute atomic E-state index is 0.101. The number of esters is 1. The first-order valence-electron chi connectivity index (χ1n) is 11.1. The molecule has 2 heterocycles. The first-order chi connectivity index (χ1) is 17.9. The molecule has 10 heteroatoms. The number of benzene rings is 3. The predicted molar refractivity (Wildman–Crippen MR) is 140 cm³/mol. The van der Waals surface area contributed by atoms with Gasteiger partial charge < -0.3 is 13.9 Å². The number of furan rings is 1. The van der Waals surface area contributed by atoms with Crippen LogP contribution in [0.2, 0.25) is 10.0 Å². The maximum absolute atomic E-state index is 12.8. The average molecular weight is 537 g/mol. The van der Waals surface area contributed by atoms with Gasteiger partial charge in [0.05, 0.1) is 27.6 Å². The van der Waals surface area contributed by atoms with Gasteiger partial charge in [0.2, 0.25) is 0 Å². The van der Waals surface area contributed by atoms with Gasteiger partial charge in [0.1, 0.15) is 12.2 Å². The van der Waals surface area contributed by atoms with Gasteiger partial charge in [0.15, 0.2) is 11.3 Å². The van der Waals surface area contributed by atoms with E-state index in [0.717, 1.165) is 0 Å². The van der Waals surface area contributed by atoms with Gasteiger partial charge in [-0.15, -0.1) is 0 Å². The number of methoxy groups -OCH3 is 1. The van der Waals surface area contributed by atoms with Crippen LogP contribution >= 0.6 is 23.2 Å². The number of nitro groups is 1. The van der Waals surface area contributed by atoms with Crippen LogP contribution in [0.3, 0.4) is 0 Å². The lowest BCUT2D eigenvalue weighted by Crippen LogP contribution is -2.15. The van der Waals surface area contributed by atoms with Crippen molar-refractivity contribution in [3.8, 4) is 5.75 Å². The number of fused-ring (bicyclic) bond motifs is 3. The Balaban J connectivity index is 1.73. The Morgan fingerprint density at radius 2 is 1.81 bits per heavy atom. The number of non-ortho nitro benzene ring substituents is 1. The summed E-state index contributed by atoms with van der Waals surface area (Å²) in [4.78, 5) is 27.9. The molecule has 0 fully saturated rings. The number of pyridine rings is 1. The number of nitrogens with zero attached hydrogens (tertiary/aromatic N) is 2. The van der Waals surface area contributed by atoms with Gasteiger partial charge in [0, 0.05) is 46.8 Å². The van der Waals surface area contributed by atoms with Gasteiger partial charge in [0.25, 0.3) is 5.69 Å². The fourth-order valence-corrected chi connectivity index (χ4v) is 4.96. The number of ether oxygens (including phenoxy) is 2. The van der Waals surface area contributed by atoms with Gasteiger partial charge in [-0.3, -0.25) is 15.1 Å². The third kappa shape index (κ3) is 4.57. The van der Waals surface area contributed by atoms with E-state index in [4.69, 9.17) is 37.1 Å². The molecule has 0 aliphatic carbocycles. The molecule has 5 rings (SSSR count). The van der Waals surface area contributed by atoms with Crippen LogP contribution in [-0.2, 0) is 4.74 Å². The number of rotatable bonds is 7. The molecule has 0 saturated carbocycles. The highest BCUT2D eigenvalue weighted by molar-refractivity contribution is 6.36. The standard InChI is InChI=1S/C27H18Cl2N2O6/c1-35-23-10-8-17(24-18-11-16(31(33)34)7-9-22(18)37-26(23)24)19(25-20(28)12-30-13-21(25)29)14-36-27(32)15-5-3-2-4-6-15/h2-13,19H,14H2,1H3. The van der Waals surface area contributed by atoms with Gasteiger partial charge in [-0.2, -0.15) is 0 Å². The van der Waals surface area contributed by atoms with Crippen LogP contribution < -0.4 is 4.74 Å². The zero-order chi connectivity index (χ0) is 26.1. The number of nitro benzene ring substituents is 1. The predicted octanol–water partition coefficient (Wildman–Crippen LogP) is 7.19. The van der Waals surface area contributed by atoms with Crippen LogP contribution in [0, 0.1) is 10.1 Å². The number of carbonyl (C=O) groups excluding carboxylic acids is 1. The van der Waals surface area contributed by atoms with Crippen molar-refractivity contribution in [1.82, 2.24) is 4.98 Å². The molecule has 0 bridgehead atoms. The highest BCUT2D eigenvalue weighted by atomic mass is 35.5. The zero-order valence-electron chi connectivity index (χ0n) is 19.3. The Labute approximate surface area is 220 Å². The molecule has 0 saturated heterocycles. The third-order valence-corrected chi connectivity index (χ3v) is 6.64. The largest absolute Gasteiger partial charge is 0.493 e. The van der Waals surface area contributed by atoms with Crippen molar-refractivity contribution in [3.05, 3.63) is 110 Å². The first-order valence-corrected chi connectivity index (χ1v) is 11.8. The fourth-order valence-electron chi connectivity index (χ4n) is 4.33. The molecule has 3 aromatic carbocycles. The number of aromatic nitrogens is 1. The van der Waals surface area contributed by atoms with Crippen LogP contribution in [-0.4, -0.2) is 29.6 Å². The Bertz CT molecular complexity index is 1630. The molecule has 0 N–H and O–H groups in total. The minimum atomic E-state index is -0.663. The number of halogens is 2. The third-order valence-electron chi connectivity index (χ3n) is 6.03. The Hall–Kier alpha value is -4.14. The molecule has 0 radical (unpaired) electrons. The Kier molecular flexibility index (Phi) is 6.69. The van der Waals surface area contributed by atoms with Gasteiger partial charge in [-0.05, 0) is 29.8 Å². The lowest BCUT2D eigenvalue weighted by Gasteiger charge is -2.21. The summed E-state index contributed by atoms with van der Waals surface area (Å²) in [6.07, 6.45) is 2.90. The Morgan fingerprint density at radius 3 is 2.49 bits per heavy atom. The molecule has 1 unspecified atom stereocenters. The number of hydrogen-bond acceptors (Lipinski definition) is 7. The van der Waals surface area contributed by atoms with E-state index in [-0.39, 0.29) is 22.3 Å². The highest BCUT2D eigenvalue weighted by Gasteiger charge is 2.28. The van der Waals surface area contributed by atoms with E-state index in [1.165, 1.54) is 37.7 Å². The smallest absolute Gasteiger partial charge is 0.338 e. The van der Waals surface area contributed by atoms with Crippen molar-refractivity contribution in [3.63, 3.8) is 0 Å². The van der Waals surface area contributed by atoms with Crippen LogP contribution in [0.5, 0.6) is 5.75 Å². The molecule has 1 atom stereocenters. The molecular formula is C27H18Cl2N2O6. The molecule has 5 aromatic rings. The maximum Gasteiger partial charge on any atom is 0.338 e. The fraction of sp³-hybridized carbons (Fsp3) is 0.111. The molecule has 0 spiro atoms. The van der Waals surface area contributed by atoms with E-state index < -0.39 is 16.8 Å². The van der Waals surface area contributed by atoms with Crippen molar-refractivity contribution < 1.29 is 23.6 Å². The van der Waals surface area contributed by atoms with E-state index in [0.29, 0.717) is 44.4 Å². The summed E-state index contributed by atoms with van der Waals surface area (Å²) in [6.45, 7) is -0.125. The molecule has 37 heavy (non-hydrogen) atoms. The normalized spacial score (nSPS) is 12.0. The molecule has 2 aromatic heterocycles. The van der Waals surface area contributed by atoms with Crippen molar-refractivity contribution in [2.24, 2.45) is 0 Å². The molecule has 8 nitrogen and oxygen atoms in total. The lowest BCUT2D eigenvalue weighted by atomic mass is 9.89. The summed E-state index contributed by atoms with van der Waals surface area (Å²) in [5, 5.41) is 13.1. The molecule has 0 aliphatic rings. The molecule has 0 amide bonds. The quantitative estimate of drug-likeness (QED) is 0.123. The van der Waals surface area contributed by atoms with Crippen LogP contribution in [0.1, 0.15) is 27.4 Å².